The molecule has 2 heterocycles. The van der Waals surface area contributed by atoms with E-state index in [0.29, 0.717) is 0 Å². The highest BCUT2D eigenvalue weighted by Gasteiger charge is 2.09. The first-order valence-corrected chi connectivity index (χ1v) is 6.22. The van der Waals surface area contributed by atoms with Gasteiger partial charge in [-0.1, -0.05) is 0 Å². The molecule has 2 rings (SSSR count). The third-order valence-electron chi connectivity index (χ3n) is 2.53. The summed E-state index contributed by atoms with van der Waals surface area (Å²) < 4.78 is 0.972. The van der Waals surface area contributed by atoms with E-state index in [1.54, 1.807) is 12.4 Å². The van der Waals surface area contributed by atoms with Gasteiger partial charge in [-0.05, 0) is 58.6 Å². The summed E-state index contributed by atoms with van der Waals surface area (Å²) in [6.45, 7) is 2.04. The van der Waals surface area contributed by atoms with E-state index in [0.717, 1.165) is 22.2 Å². The maximum Gasteiger partial charge on any atom is 0.0577 e. The smallest absolute Gasteiger partial charge is 0.0577 e. The van der Waals surface area contributed by atoms with Crippen molar-refractivity contribution in [2.75, 3.05) is 0 Å². The highest BCUT2D eigenvalue weighted by atomic mass is 79.9. The molecule has 0 fully saturated rings. The number of rotatable bonds is 3. The number of halogens is 1. The van der Waals surface area contributed by atoms with Crippen LogP contribution in [0.2, 0.25) is 0 Å². The zero-order chi connectivity index (χ0) is 12.3. The number of aryl methyl sites for hydroxylation is 1. The monoisotopic (exact) mass is 291 g/mol. The van der Waals surface area contributed by atoms with Crippen molar-refractivity contribution in [3.8, 4) is 0 Å². The molecule has 3 nitrogen and oxygen atoms in total. The summed E-state index contributed by atoms with van der Waals surface area (Å²) in [7, 11) is 0. The Kier molecular flexibility index (Phi) is 3.86. The molecule has 0 radical (unpaired) electrons. The molecule has 0 aliphatic rings. The van der Waals surface area contributed by atoms with Gasteiger partial charge in [0.1, 0.15) is 0 Å². The Hall–Kier alpha value is -1.26. The molecule has 2 aromatic heterocycles. The second-order valence-corrected chi connectivity index (χ2v) is 5.00. The van der Waals surface area contributed by atoms with Gasteiger partial charge in [-0.15, -0.1) is 0 Å². The standard InChI is InChI=1S/C13H14BrN3/c1-9-2-3-17-13(4-9)12(15)6-10-5-11(14)8-16-7-10/h2-5,7-8,12H,6,15H2,1H3. The fraction of sp³-hybridized carbons (Fsp3) is 0.231. The van der Waals surface area contributed by atoms with Gasteiger partial charge in [-0.3, -0.25) is 9.97 Å². The molecule has 2 aromatic rings. The van der Waals surface area contributed by atoms with E-state index in [4.69, 9.17) is 5.73 Å². The van der Waals surface area contributed by atoms with Crippen LogP contribution in [0.25, 0.3) is 0 Å². The minimum Gasteiger partial charge on any atom is -0.322 e. The van der Waals surface area contributed by atoms with Crippen LogP contribution in [0.15, 0.2) is 41.3 Å². The molecule has 1 atom stereocenters. The van der Waals surface area contributed by atoms with Crippen molar-refractivity contribution in [1.29, 1.82) is 0 Å². The van der Waals surface area contributed by atoms with Gasteiger partial charge in [0.25, 0.3) is 0 Å². The number of nitrogens with zero attached hydrogens (tertiary/aromatic N) is 2. The minimum absolute atomic E-state index is 0.0917. The van der Waals surface area contributed by atoms with Gasteiger partial charge in [0.15, 0.2) is 0 Å². The van der Waals surface area contributed by atoms with Gasteiger partial charge in [0, 0.05) is 23.1 Å². The van der Waals surface area contributed by atoms with Crippen molar-refractivity contribution in [3.63, 3.8) is 0 Å². The molecule has 0 spiro atoms. The van der Waals surface area contributed by atoms with Crippen LogP contribution in [0.3, 0.4) is 0 Å². The van der Waals surface area contributed by atoms with Crippen LogP contribution < -0.4 is 5.73 Å². The fourth-order valence-corrected chi connectivity index (χ4v) is 2.10. The Bertz CT molecular complexity index is 514. The van der Waals surface area contributed by atoms with Crippen molar-refractivity contribution in [2.45, 2.75) is 19.4 Å². The van der Waals surface area contributed by atoms with E-state index in [-0.39, 0.29) is 6.04 Å². The summed E-state index contributed by atoms with van der Waals surface area (Å²) in [6.07, 6.45) is 6.13. The quantitative estimate of drug-likeness (QED) is 0.946. The summed E-state index contributed by atoms with van der Waals surface area (Å²) in [5.74, 6) is 0. The Morgan fingerprint density at radius 3 is 2.88 bits per heavy atom. The lowest BCUT2D eigenvalue weighted by Gasteiger charge is -2.11. The van der Waals surface area contributed by atoms with Gasteiger partial charge in [0.2, 0.25) is 0 Å². The van der Waals surface area contributed by atoms with Crippen LogP contribution in [0, 0.1) is 6.92 Å². The third-order valence-corrected chi connectivity index (χ3v) is 2.97. The molecular weight excluding hydrogens is 278 g/mol. The molecule has 0 saturated carbocycles. The topological polar surface area (TPSA) is 51.8 Å². The van der Waals surface area contributed by atoms with Gasteiger partial charge in [-0.25, -0.2) is 0 Å². The van der Waals surface area contributed by atoms with E-state index >= 15 is 0 Å². The van der Waals surface area contributed by atoms with Gasteiger partial charge < -0.3 is 5.73 Å². The van der Waals surface area contributed by atoms with Crippen molar-refractivity contribution in [2.24, 2.45) is 5.73 Å². The second kappa shape index (κ2) is 5.38. The zero-order valence-electron chi connectivity index (χ0n) is 9.60. The van der Waals surface area contributed by atoms with E-state index in [2.05, 4.69) is 25.9 Å². The van der Waals surface area contributed by atoms with Crippen LogP contribution in [0.4, 0.5) is 0 Å². The van der Waals surface area contributed by atoms with Crippen molar-refractivity contribution in [1.82, 2.24) is 9.97 Å². The number of aromatic nitrogens is 2. The second-order valence-electron chi connectivity index (χ2n) is 4.08. The van der Waals surface area contributed by atoms with Gasteiger partial charge >= 0.3 is 0 Å². The number of nitrogens with two attached hydrogens (primary N) is 1. The van der Waals surface area contributed by atoms with E-state index in [1.807, 2.05) is 31.3 Å². The molecule has 17 heavy (non-hydrogen) atoms. The van der Waals surface area contributed by atoms with Crippen LogP contribution in [0.5, 0.6) is 0 Å². The lowest BCUT2D eigenvalue weighted by molar-refractivity contribution is 0.693. The summed E-state index contributed by atoms with van der Waals surface area (Å²) >= 11 is 3.40. The molecule has 4 heteroatoms. The molecular formula is C13H14BrN3. The first-order chi connectivity index (χ1) is 8.15. The zero-order valence-corrected chi connectivity index (χ0v) is 11.2. The van der Waals surface area contributed by atoms with Crippen molar-refractivity contribution < 1.29 is 0 Å². The SMILES string of the molecule is Cc1ccnc(C(N)Cc2cncc(Br)c2)c1. The molecule has 2 N–H and O–H groups in total. The average molecular weight is 292 g/mol. The van der Waals surface area contributed by atoms with Crippen molar-refractivity contribution >= 4 is 15.9 Å². The normalized spacial score (nSPS) is 12.4. The molecule has 0 aliphatic heterocycles. The first kappa shape index (κ1) is 12.2. The number of hydrogen-bond donors (Lipinski definition) is 1. The van der Waals surface area contributed by atoms with Gasteiger partial charge in [0.05, 0.1) is 11.7 Å². The predicted molar refractivity (Wildman–Crippen MR) is 71.5 cm³/mol. The predicted octanol–water partition coefficient (Wildman–Crippen LogP) is 2.79. The van der Waals surface area contributed by atoms with Crippen LogP contribution in [0.1, 0.15) is 22.9 Å². The first-order valence-electron chi connectivity index (χ1n) is 5.43. The number of hydrogen-bond acceptors (Lipinski definition) is 3. The van der Waals surface area contributed by atoms with E-state index in [9.17, 15) is 0 Å². The number of pyridine rings is 2. The van der Waals surface area contributed by atoms with E-state index in [1.165, 1.54) is 5.56 Å². The molecule has 1 unspecified atom stereocenters. The highest BCUT2D eigenvalue weighted by molar-refractivity contribution is 9.10. The molecule has 0 aromatic carbocycles. The summed E-state index contributed by atoms with van der Waals surface area (Å²) in [6, 6.07) is 5.93. The molecule has 0 saturated heterocycles. The highest BCUT2D eigenvalue weighted by Crippen LogP contribution is 2.17. The summed E-state index contributed by atoms with van der Waals surface area (Å²) in [5.41, 5.74) is 9.35. The maximum absolute atomic E-state index is 6.14. The van der Waals surface area contributed by atoms with Gasteiger partial charge in [-0.2, -0.15) is 0 Å². The lowest BCUT2D eigenvalue weighted by atomic mass is 10.0. The Morgan fingerprint density at radius 2 is 2.18 bits per heavy atom. The van der Waals surface area contributed by atoms with Crippen LogP contribution in [-0.4, -0.2) is 9.97 Å². The Balaban J connectivity index is 2.14. The molecule has 88 valence electrons. The average Bonchev–Trinajstić information content (AvgIpc) is 2.29. The van der Waals surface area contributed by atoms with Crippen molar-refractivity contribution in [3.05, 3.63) is 58.1 Å². The minimum atomic E-state index is -0.0917. The Morgan fingerprint density at radius 1 is 1.35 bits per heavy atom. The third kappa shape index (κ3) is 3.35. The fourth-order valence-electron chi connectivity index (χ4n) is 1.69. The van der Waals surface area contributed by atoms with Crippen LogP contribution >= 0.6 is 15.9 Å². The molecule has 0 amide bonds. The lowest BCUT2D eigenvalue weighted by Crippen LogP contribution is -2.15. The largest absolute Gasteiger partial charge is 0.322 e. The molecule has 0 aliphatic carbocycles. The summed E-state index contributed by atoms with van der Waals surface area (Å²) in [4.78, 5) is 8.43. The maximum atomic E-state index is 6.14. The summed E-state index contributed by atoms with van der Waals surface area (Å²) in [5, 5.41) is 0. The van der Waals surface area contributed by atoms with Crippen LogP contribution in [-0.2, 0) is 6.42 Å². The van der Waals surface area contributed by atoms with E-state index < -0.39 is 0 Å². The Labute approximate surface area is 109 Å². The molecule has 0 bridgehead atoms.